The number of benzene rings is 1. The van der Waals surface area contributed by atoms with Gasteiger partial charge >= 0.3 is 11.9 Å². The van der Waals surface area contributed by atoms with Crippen LogP contribution in [0, 0.1) is 0 Å². The minimum Gasteiger partial charge on any atom is -0.480 e. The van der Waals surface area contributed by atoms with Crippen molar-refractivity contribution in [2.45, 2.75) is 24.8 Å². The molecule has 40 heavy (non-hydrogen) atoms. The number of hydrogen-bond acceptors (Lipinski definition) is 11. The van der Waals surface area contributed by atoms with E-state index in [2.05, 4.69) is 0 Å². The monoisotopic (exact) mass is 643 g/mol. The van der Waals surface area contributed by atoms with Gasteiger partial charge in [0, 0.05) is 11.4 Å². The highest BCUT2D eigenvalue weighted by atomic mass is 32.2. The largest absolute Gasteiger partial charge is 0.480 e. The van der Waals surface area contributed by atoms with E-state index in [-0.39, 0.29) is 31.4 Å². The number of hydrogen-bond donors (Lipinski definition) is 3. The molecular weight excluding hydrogens is 623 g/mol. The van der Waals surface area contributed by atoms with Crippen LogP contribution in [-0.2, 0) is 31.0 Å². The minimum atomic E-state index is -4.15. The molecule has 3 heterocycles. The fourth-order valence-corrected chi connectivity index (χ4v) is 8.16. The lowest BCUT2D eigenvalue weighted by Gasteiger charge is -2.20. The number of aromatic nitrogens is 1. The molecule has 1 amide bonds. The number of nitrogens with zero attached hydrogens (tertiary/aromatic N) is 3. The Morgan fingerprint density at radius 3 is 2.38 bits per heavy atom. The number of carboxylic acids is 2. The summed E-state index contributed by atoms with van der Waals surface area (Å²) in [5.74, 6) is -3.74. The molecule has 0 bridgehead atoms. The van der Waals surface area contributed by atoms with Crippen LogP contribution in [0.2, 0.25) is 0 Å². The first kappa shape index (κ1) is 30.0. The van der Waals surface area contributed by atoms with Crippen molar-refractivity contribution in [2.75, 3.05) is 23.7 Å². The lowest BCUT2D eigenvalue weighted by molar-refractivity contribution is -0.140. The molecule has 0 aliphatic carbocycles. The number of aliphatic carboxylic acids is 2. The molecule has 2 aromatic rings. The van der Waals surface area contributed by atoms with Crippen LogP contribution in [0.25, 0.3) is 10.5 Å². The number of carbonyl (C=O) groups excluding carboxylic acids is 1. The Hall–Kier alpha value is -2.96. The zero-order valence-corrected chi connectivity index (χ0v) is 24.7. The second kappa shape index (κ2) is 11.9. The molecule has 0 atom stereocenters. The van der Waals surface area contributed by atoms with Gasteiger partial charge in [0.1, 0.15) is 27.0 Å². The van der Waals surface area contributed by atoms with Gasteiger partial charge in [0.25, 0.3) is 21.6 Å². The van der Waals surface area contributed by atoms with E-state index >= 15 is 0 Å². The van der Waals surface area contributed by atoms with Crippen molar-refractivity contribution in [2.24, 2.45) is 0 Å². The Balaban J connectivity index is 1.84. The number of allylic oxidation sites excluding steroid dienone is 1. The molecule has 2 aliphatic rings. The topological polar surface area (TPSA) is 175 Å². The van der Waals surface area contributed by atoms with Gasteiger partial charge in [-0.05, 0) is 37.1 Å². The number of thioether (sulfide) groups is 2. The van der Waals surface area contributed by atoms with E-state index in [1.807, 2.05) is 29.2 Å². The molecule has 1 aromatic heterocycles. The number of amides is 1. The smallest absolute Gasteiger partial charge is 0.323 e. The zero-order chi connectivity index (χ0) is 29.4. The van der Waals surface area contributed by atoms with Crippen LogP contribution in [0.1, 0.15) is 13.3 Å². The molecule has 0 radical (unpaired) electrons. The van der Waals surface area contributed by atoms with Crippen LogP contribution in [0.4, 0.5) is 5.69 Å². The summed E-state index contributed by atoms with van der Waals surface area (Å²) in [4.78, 5) is 52.7. The van der Waals surface area contributed by atoms with Gasteiger partial charge in [-0.3, -0.25) is 33.2 Å². The summed E-state index contributed by atoms with van der Waals surface area (Å²) in [6.45, 7) is 0.532. The molecule has 1 saturated heterocycles. The second-order valence-corrected chi connectivity index (χ2v) is 13.8. The average molecular weight is 644 g/mol. The molecule has 3 N–H and O–H groups in total. The highest BCUT2D eigenvalue weighted by molar-refractivity contribution is 8.30. The fourth-order valence-electron chi connectivity index (χ4n) is 3.95. The maximum Gasteiger partial charge on any atom is 0.323 e. The van der Waals surface area contributed by atoms with Gasteiger partial charge in [-0.2, -0.15) is 8.42 Å². The molecule has 1 aromatic carbocycles. The van der Waals surface area contributed by atoms with E-state index in [0.717, 1.165) is 43.1 Å². The summed E-state index contributed by atoms with van der Waals surface area (Å²) in [7, 11) is -4.15. The normalized spacial score (nSPS) is 18.5. The number of thiocarbonyl (C=S) groups is 1. The first-order valence-corrected chi connectivity index (χ1v) is 15.9. The Bertz CT molecular complexity index is 1760. The Morgan fingerprint density at radius 2 is 1.73 bits per heavy atom. The second-order valence-electron chi connectivity index (χ2n) is 8.53. The van der Waals surface area contributed by atoms with E-state index in [0.29, 0.717) is 10.6 Å². The molecule has 17 heteroatoms. The minimum absolute atomic E-state index is 0.0184. The van der Waals surface area contributed by atoms with Crippen molar-refractivity contribution < 1.29 is 37.6 Å². The Kier molecular flexibility index (Phi) is 8.91. The van der Waals surface area contributed by atoms with Crippen molar-refractivity contribution >= 4 is 95.5 Å². The first-order chi connectivity index (χ1) is 18.8. The number of thiazole rings is 1. The number of fused-ring (bicyclic) bond motifs is 1. The van der Waals surface area contributed by atoms with Crippen molar-refractivity contribution in [1.82, 2.24) is 9.47 Å². The highest BCUT2D eigenvalue weighted by Gasteiger charge is 2.35. The van der Waals surface area contributed by atoms with Crippen LogP contribution in [0.15, 0.2) is 45.1 Å². The van der Waals surface area contributed by atoms with Gasteiger partial charge in [-0.25, -0.2) is 0 Å². The van der Waals surface area contributed by atoms with Gasteiger partial charge in [0.15, 0.2) is 0 Å². The number of para-hydroxylation sites is 1. The van der Waals surface area contributed by atoms with Crippen LogP contribution in [0.3, 0.4) is 0 Å². The third kappa shape index (κ3) is 6.50. The van der Waals surface area contributed by atoms with Crippen LogP contribution < -0.4 is 19.7 Å². The summed E-state index contributed by atoms with van der Waals surface area (Å²) in [5, 5.41) is 19.2. The third-order valence-corrected chi connectivity index (χ3v) is 10.4. The van der Waals surface area contributed by atoms with Crippen molar-refractivity contribution in [3.63, 3.8) is 0 Å². The number of carbonyl (C=O) groups is 3. The molecule has 0 unspecified atom stereocenters. The van der Waals surface area contributed by atoms with Crippen LogP contribution >= 0.6 is 47.1 Å². The van der Waals surface area contributed by atoms with E-state index in [9.17, 15) is 32.7 Å². The number of carboxylic acid groups (broad SMARTS) is 2. The maximum atomic E-state index is 13.4. The van der Waals surface area contributed by atoms with Gasteiger partial charge in [-0.15, -0.1) is 11.3 Å². The van der Waals surface area contributed by atoms with Gasteiger partial charge in [-0.1, -0.05) is 47.9 Å². The molecule has 2 aliphatic heterocycles. The lowest BCUT2D eigenvalue weighted by atomic mass is 10.2. The van der Waals surface area contributed by atoms with Crippen molar-refractivity contribution in [3.05, 3.63) is 54.9 Å². The summed E-state index contributed by atoms with van der Waals surface area (Å²) in [6, 6.07) is 7.43. The highest BCUT2D eigenvalue weighted by Crippen LogP contribution is 2.46. The fraction of sp³-hybridized carbons (Fsp3) is 0.261. The van der Waals surface area contributed by atoms with Crippen molar-refractivity contribution in [1.29, 1.82) is 0 Å². The SMILES string of the molecule is CC(/C=C1/Sc2ccccc2N1CCCS(=O)(=O)O)=c1/s/c(=C2\SC(=S)N(CC(=O)O)C2=O)n(CC(=O)O)c1=O. The zero-order valence-electron chi connectivity index (χ0n) is 20.6. The molecule has 1 fully saturated rings. The molecule has 4 rings (SSSR count). The predicted octanol–water partition coefficient (Wildman–Crippen LogP) is 0.950. The predicted molar refractivity (Wildman–Crippen MR) is 156 cm³/mol. The van der Waals surface area contributed by atoms with E-state index in [1.54, 1.807) is 13.0 Å². The van der Waals surface area contributed by atoms with Crippen molar-refractivity contribution in [3.8, 4) is 0 Å². The Labute approximate surface area is 245 Å². The molecule has 0 saturated carbocycles. The first-order valence-electron chi connectivity index (χ1n) is 11.4. The van der Waals surface area contributed by atoms with Crippen LogP contribution in [0.5, 0.6) is 0 Å². The van der Waals surface area contributed by atoms with Crippen LogP contribution in [-0.4, -0.2) is 73.7 Å². The van der Waals surface area contributed by atoms with E-state index in [4.69, 9.17) is 21.9 Å². The summed E-state index contributed by atoms with van der Waals surface area (Å²) < 4.78 is 32.8. The Morgan fingerprint density at radius 1 is 1.05 bits per heavy atom. The summed E-state index contributed by atoms with van der Waals surface area (Å²) in [5.41, 5.74) is 0.655. The number of rotatable bonds is 9. The van der Waals surface area contributed by atoms with Gasteiger partial charge in [0.05, 0.1) is 21.0 Å². The summed E-state index contributed by atoms with van der Waals surface area (Å²) in [6.07, 6.45) is 1.86. The maximum absolute atomic E-state index is 13.4. The van der Waals surface area contributed by atoms with E-state index < -0.39 is 52.4 Å². The average Bonchev–Trinajstić information content (AvgIpc) is 3.45. The lowest BCUT2D eigenvalue weighted by Crippen LogP contribution is -2.37. The summed E-state index contributed by atoms with van der Waals surface area (Å²) >= 11 is 8.25. The quantitative estimate of drug-likeness (QED) is 0.261. The molecule has 0 spiro atoms. The molecule has 12 nitrogen and oxygen atoms in total. The number of anilines is 1. The van der Waals surface area contributed by atoms with Gasteiger partial charge in [0.2, 0.25) is 0 Å². The standard InChI is InChI=1S/C23H21N3O9S5/c1-12(9-15-24(7-4-8-40(33,34)35)13-5-2-3-6-14(13)37-15)18-20(31)25(10-16(27)28)22(38-18)19-21(32)26(11-17(29)30)23(36)39-19/h2-3,5-6,9H,4,7-8,10-11H2,1H3,(H,27,28)(H,29,30)(H,33,34,35)/b15-9+,18-12-,22-19-. The third-order valence-electron chi connectivity index (χ3n) is 5.63. The van der Waals surface area contributed by atoms with Gasteiger partial charge < -0.3 is 15.1 Å². The van der Waals surface area contributed by atoms with E-state index in [1.165, 1.54) is 11.8 Å². The molecule has 212 valence electrons. The molecular formula is C23H21N3O9S5.